The first-order valence-electron chi connectivity index (χ1n) is 6.12. The zero-order valence-electron chi connectivity index (χ0n) is 10.1. The molecular weight excluding hydrogens is 215 g/mol. The monoisotopic (exact) mass is 237 g/mol. The van der Waals surface area contributed by atoms with Gasteiger partial charge >= 0.3 is 6.18 Å². The molecule has 0 aliphatic heterocycles. The first-order chi connectivity index (χ1) is 7.27. The molecule has 0 saturated heterocycles. The van der Waals surface area contributed by atoms with E-state index in [-0.39, 0.29) is 12.8 Å². The van der Waals surface area contributed by atoms with Crippen LogP contribution in [-0.2, 0) is 0 Å². The zero-order valence-corrected chi connectivity index (χ0v) is 10.1. The van der Waals surface area contributed by atoms with Crippen molar-refractivity contribution in [3.63, 3.8) is 0 Å². The van der Waals surface area contributed by atoms with E-state index in [4.69, 9.17) is 5.73 Å². The Hall–Kier alpha value is -0.250. The third-order valence-corrected chi connectivity index (χ3v) is 3.80. The Morgan fingerprint density at radius 3 is 2.56 bits per heavy atom. The second-order valence-electron chi connectivity index (χ2n) is 5.41. The number of nitrogens with two attached hydrogens (primary N) is 1. The lowest BCUT2D eigenvalue weighted by Crippen LogP contribution is -2.48. The van der Waals surface area contributed by atoms with Crippen LogP contribution in [0.1, 0.15) is 52.4 Å². The van der Waals surface area contributed by atoms with Gasteiger partial charge in [0.2, 0.25) is 0 Å². The van der Waals surface area contributed by atoms with Gasteiger partial charge in [-0.05, 0) is 31.6 Å². The summed E-state index contributed by atoms with van der Waals surface area (Å²) < 4.78 is 37.9. The minimum atomic E-state index is -4.07. The molecule has 0 aromatic heterocycles. The first kappa shape index (κ1) is 13.8. The predicted molar refractivity (Wildman–Crippen MR) is 59.0 cm³/mol. The van der Waals surface area contributed by atoms with E-state index >= 15 is 0 Å². The molecule has 3 unspecified atom stereocenters. The molecule has 1 aliphatic rings. The highest BCUT2D eigenvalue weighted by Crippen LogP contribution is 2.42. The summed E-state index contributed by atoms with van der Waals surface area (Å²) in [5.41, 5.74) is 5.53. The van der Waals surface area contributed by atoms with Crippen LogP contribution in [0.15, 0.2) is 0 Å². The van der Waals surface area contributed by atoms with Crippen LogP contribution in [0.4, 0.5) is 13.2 Å². The molecule has 16 heavy (non-hydrogen) atoms. The van der Waals surface area contributed by atoms with Crippen LogP contribution in [0.2, 0.25) is 0 Å². The van der Waals surface area contributed by atoms with Crippen LogP contribution in [0.3, 0.4) is 0 Å². The van der Waals surface area contributed by atoms with Gasteiger partial charge in [-0.25, -0.2) is 0 Å². The minimum absolute atomic E-state index is 0.112. The maximum absolute atomic E-state index is 12.6. The number of rotatable bonds is 3. The smallest absolute Gasteiger partial charge is 0.325 e. The maximum Gasteiger partial charge on any atom is 0.391 e. The molecule has 1 fully saturated rings. The van der Waals surface area contributed by atoms with Crippen LogP contribution in [0, 0.1) is 11.8 Å². The van der Waals surface area contributed by atoms with Gasteiger partial charge in [-0.3, -0.25) is 0 Å². The van der Waals surface area contributed by atoms with Crippen molar-refractivity contribution in [1.29, 1.82) is 0 Å². The Labute approximate surface area is 95.6 Å². The second kappa shape index (κ2) is 4.94. The van der Waals surface area contributed by atoms with Crippen LogP contribution in [0.25, 0.3) is 0 Å². The normalized spacial score (nSPS) is 33.8. The molecule has 0 aromatic carbocycles. The van der Waals surface area contributed by atoms with Crippen molar-refractivity contribution in [1.82, 2.24) is 0 Å². The standard InChI is InChI=1S/C12H22F3N/c1-3-9(2)7-11(16)6-4-5-10(8-11)12(13,14)15/h9-10H,3-8,16H2,1-2H3. The molecule has 2 N–H and O–H groups in total. The zero-order chi connectivity index (χ0) is 12.4. The Morgan fingerprint density at radius 2 is 2.06 bits per heavy atom. The molecule has 0 spiro atoms. The SMILES string of the molecule is CCC(C)CC1(N)CCCC(C(F)(F)F)C1. The third kappa shape index (κ3) is 3.65. The first-order valence-corrected chi connectivity index (χ1v) is 6.12. The fourth-order valence-electron chi connectivity index (χ4n) is 2.70. The summed E-state index contributed by atoms with van der Waals surface area (Å²) in [5, 5.41) is 0. The number of halogens is 3. The molecule has 4 heteroatoms. The minimum Gasteiger partial charge on any atom is -0.325 e. The molecule has 1 rings (SSSR count). The Bertz CT molecular complexity index is 227. The van der Waals surface area contributed by atoms with Crippen LogP contribution >= 0.6 is 0 Å². The largest absolute Gasteiger partial charge is 0.391 e. The summed E-state index contributed by atoms with van der Waals surface area (Å²) in [5.74, 6) is -0.771. The van der Waals surface area contributed by atoms with Gasteiger partial charge in [-0.15, -0.1) is 0 Å². The fraction of sp³-hybridized carbons (Fsp3) is 1.00. The molecule has 1 aliphatic carbocycles. The topological polar surface area (TPSA) is 26.0 Å². The van der Waals surface area contributed by atoms with Crippen molar-refractivity contribution >= 4 is 0 Å². The van der Waals surface area contributed by atoms with E-state index in [0.717, 1.165) is 19.3 Å². The van der Waals surface area contributed by atoms with Gasteiger partial charge in [0.1, 0.15) is 0 Å². The lowest BCUT2D eigenvalue weighted by atomic mass is 9.72. The van der Waals surface area contributed by atoms with E-state index in [9.17, 15) is 13.2 Å². The quantitative estimate of drug-likeness (QED) is 0.792. The van der Waals surface area contributed by atoms with Crippen molar-refractivity contribution in [3.8, 4) is 0 Å². The van der Waals surface area contributed by atoms with Gasteiger partial charge in [0.15, 0.2) is 0 Å². The van der Waals surface area contributed by atoms with Gasteiger partial charge in [-0.2, -0.15) is 13.2 Å². The van der Waals surface area contributed by atoms with Gasteiger partial charge in [0.05, 0.1) is 5.92 Å². The van der Waals surface area contributed by atoms with Crippen molar-refractivity contribution in [2.24, 2.45) is 17.6 Å². The molecule has 0 radical (unpaired) electrons. The number of hydrogen-bond acceptors (Lipinski definition) is 1. The van der Waals surface area contributed by atoms with Crippen molar-refractivity contribution in [3.05, 3.63) is 0 Å². The fourth-order valence-corrected chi connectivity index (χ4v) is 2.70. The maximum atomic E-state index is 12.6. The second-order valence-corrected chi connectivity index (χ2v) is 5.41. The predicted octanol–water partition coefficient (Wildman–Crippen LogP) is 3.87. The van der Waals surface area contributed by atoms with Gasteiger partial charge in [-0.1, -0.05) is 26.7 Å². The average molecular weight is 237 g/mol. The molecule has 0 amide bonds. The van der Waals surface area contributed by atoms with Gasteiger partial charge in [0.25, 0.3) is 0 Å². The van der Waals surface area contributed by atoms with E-state index in [0.29, 0.717) is 12.3 Å². The molecule has 1 nitrogen and oxygen atoms in total. The summed E-state index contributed by atoms with van der Waals surface area (Å²) in [6.45, 7) is 4.11. The van der Waals surface area contributed by atoms with Crippen molar-refractivity contribution in [2.45, 2.75) is 64.1 Å². The Balaban J connectivity index is 2.61. The van der Waals surface area contributed by atoms with E-state index in [1.165, 1.54) is 0 Å². The summed E-state index contributed by atoms with van der Waals surface area (Å²) in [6.07, 6.45) is -0.656. The Kier molecular flexibility index (Phi) is 4.27. The average Bonchev–Trinajstić information content (AvgIpc) is 2.15. The molecule has 0 aromatic rings. The number of alkyl halides is 3. The highest BCUT2D eigenvalue weighted by atomic mass is 19.4. The molecule has 0 heterocycles. The van der Waals surface area contributed by atoms with E-state index in [2.05, 4.69) is 13.8 Å². The van der Waals surface area contributed by atoms with Gasteiger partial charge < -0.3 is 5.73 Å². The van der Waals surface area contributed by atoms with E-state index in [1.807, 2.05) is 0 Å². The van der Waals surface area contributed by atoms with Crippen LogP contribution in [0.5, 0.6) is 0 Å². The van der Waals surface area contributed by atoms with E-state index < -0.39 is 17.6 Å². The summed E-state index contributed by atoms with van der Waals surface area (Å²) in [6, 6.07) is 0. The summed E-state index contributed by atoms with van der Waals surface area (Å²) >= 11 is 0. The molecule has 0 bridgehead atoms. The van der Waals surface area contributed by atoms with Crippen molar-refractivity contribution < 1.29 is 13.2 Å². The molecule has 1 saturated carbocycles. The Morgan fingerprint density at radius 1 is 1.44 bits per heavy atom. The van der Waals surface area contributed by atoms with Crippen LogP contribution < -0.4 is 5.73 Å². The molecular formula is C12H22F3N. The summed E-state index contributed by atoms with van der Waals surface area (Å²) in [4.78, 5) is 0. The van der Waals surface area contributed by atoms with Crippen molar-refractivity contribution in [2.75, 3.05) is 0 Å². The van der Waals surface area contributed by atoms with E-state index in [1.54, 1.807) is 0 Å². The summed E-state index contributed by atoms with van der Waals surface area (Å²) in [7, 11) is 0. The van der Waals surface area contributed by atoms with Gasteiger partial charge in [0, 0.05) is 5.54 Å². The molecule has 96 valence electrons. The highest BCUT2D eigenvalue weighted by molar-refractivity contribution is 4.93. The third-order valence-electron chi connectivity index (χ3n) is 3.80. The van der Waals surface area contributed by atoms with Crippen LogP contribution in [-0.4, -0.2) is 11.7 Å². The lowest BCUT2D eigenvalue weighted by molar-refractivity contribution is -0.187. The number of hydrogen-bond donors (Lipinski definition) is 1. The lowest BCUT2D eigenvalue weighted by Gasteiger charge is -2.40. The highest BCUT2D eigenvalue weighted by Gasteiger charge is 2.46. The molecule has 3 atom stereocenters.